The Bertz CT molecular complexity index is 1310. The minimum Gasteiger partial charge on any atom is -0.497 e. The van der Waals surface area contributed by atoms with E-state index < -0.39 is 42.0 Å². The lowest BCUT2D eigenvalue weighted by Crippen LogP contribution is -2.48. The van der Waals surface area contributed by atoms with E-state index in [2.05, 4.69) is 10.6 Å². The molecule has 1 fully saturated rings. The number of esters is 2. The van der Waals surface area contributed by atoms with Gasteiger partial charge in [-0.05, 0) is 41.7 Å². The van der Waals surface area contributed by atoms with Crippen LogP contribution in [-0.2, 0) is 39.8 Å². The maximum Gasteiger partial charge on any atom is 0.347 e. The Labute approximate surface area is 258 Å². The molecule has 0 aromatic heterocycles. The minimum absolute atomic E-state index is 0.0223. The molecule has 2 aromatic carbocycles. The van der Waals surface area contributed by atoms with Crippen LogP contribution in [0.4, 0.5) is 0 Å². The van der Waals surface area contributed by atoms with E-state index in [9.17, 15) is 19.2 Å². The molecule has 0 aliphatic carbocycles. The highest BCUT2D eigenvalue weighted by Gasteiger charge is 2.47. The summed E-state index contributed by atoms with van der Waals surface area (Å²) in [6.45, 7) is 5.77. The van der Waals surface area contributed by atoms with Crippen LogP contribution in [0.5, 0.6) is 5.75 Å². The van der Waals surface area contributed by atoms with Crippen molar-refractivity contribution in [2.45, 2.75) is 76.9 Å². The fraction of sp³-hybridized carbons (Fsp3) is 0.471. The number of hydrogen-bond acceptors (Lipinski definition) is 8. The molecule has 2 amide bonds. The third kappa shape index (κ3) is 9.41. The summed E-state index contributed by atoms with van der Waals surface area (Å²) in [4.78, 5) is 52.2. The zero-order chi connectivity index (χ0) is 31.6. The Morgan fingerprint density at radius 1 is 0.955 bits per heavy atom. The molecule has 6 atom stereocenters. The fourth-order valence-corrected chi connectivity index (χ4v) is 5.23. The summed E-state index contributed by atoms with van der Waals surface area (Å²) in [6.07, 6.45) is 1.50. The van der Waals surface area contributed by atoms with Crippen LogP contribution in [-0.4, -0.2) is 61.8 Å². The number of rotatable bonds is 8. The summed E-state index contributed by atoms with van der Waals surface area (Å²) in [5.74, 6) is -1.67. The van der Waals surface area contributed by atoms with E-state index in [0.29, 0.717) is 5.75 Å². The molecule has 0 unspecified atom stereocenters. The number of carbonyl (C=O) groups is 4. The second-order valence-corrected chi connectivity index (χ2v) is 11.7. The normalized spacial score (nSPS) is 26.5. The maximum absolute atomic E-state index is 13.3. The van der Waals surface area contributed by atoms with E-state index in [1.165, 1.54) is 6.08 Å². The smallest absolute Gasteiger partial charge is 0.347 e. The van der Waals surface area contributed by atoms with Gasteiger partial charge in [0, 0.05) is 25.3 Å². The van der Waals surface area contributed by atoms with E-state index in [1.807, 2.05) is 63.2 Å². The first-order valence-corrected chi connectivity index (χ1v) is 15.1. The first-order valence-electron chi connectivity index (χ1n) is 15.1. The molecule has 2 heterocycles. The molecule has 2 N–H and O–H groups in total. The van der Waals surface area contributed by atoms with Gasteiger partial charge in [0.25, 0.3) is 0 Å². The molecule has 1 saturated heterocycles. The number of amides is 2. The van der Waals surface area contributed by atoms with Gasteiger partial charge < -0.3 is 29.6 Å². The van der Waals surface area contributed by atoms with Gasteiger partial charge in [-0.2, -0.15) is 0 Å². The van der Waals surface area contributed by atoms with Gasteiger partial charge in [-0.3, -0.25) is 14.4 Å². The lowest BCUT2D eigenvalue weighted by molar-refractivity contribution is -0.174. The molecule has 2 aliphatic rings. The number of epoxide rings is 1. The molecule has 0 spiro atoms. The van der Waals surface area contributed by atoms with Gasteiger partial charge in [0.2, 0.25) is 11.8 Å². The van der Waals surface area contributed by atoms with Crippen molar-refractivity contribution in [3.8, 4) is 5.75 Å². The van der Waals surface area contributed by atoms with Crippen molar-refractivity contribution in [3.05, 3.63) is 77.9 Å². The summed E-state index contributed by atoms with van der Waals surface area (Å²) in [6, 6.07) is 16.1. The van der Waals surface area contributed by atoms with E-state index in [-0.39, 0.29) is 56.3 Å². The third-order valence-corrected chi connectivity index (χ3v) is 7.75. The number of nitrogens with one attached hydrogen (secondary N) is 2. The second-order valence-electron chi connectivity index (χ2n) is 11.7. The van der Waals surface area contributed by atoms with Crippen LogP contribution >= 0.6 is 0 Å². The number of hydrogen-bond donors (Lipinski definition) is 2. The zero-order valence-corrected chi connectivity index (χ0v) is 25.7. The molecule has 0 radical (unpaired) electrons. The summed E-state index contributed by atoms with van der Waals surface area (Å²) >= 11 is 0. The Balaban J connectivity index is 1.54. The van der Waals surface area contributed by atoms with Crippen LogP contribution in [0.15, 0.2) is 66.7 Å². The average Bonchev–Trinajstić information content (AvgIpc) is 3.81. The van der Waals surface area contributed by atoms with E-state index in [4.69, 9.17) is 18.9 Å². The van der Waals surface area contributed by atoms with E-state index >= 15 is 0 Å². The van der Waals surface area contributed by atoms with Crippen molar-refractivity contribution >= 4 is 23.8 Å². The minimum atomic E-state index is -1.10. The van der Waals surface area contributed by atoms with Gasteiger partial charge in [-0.15, -0.1) is 0 Å². The first kappa shape index (κ1) is 32.7. The van der Waals surface area contributed by atoms with Crippen LogP contribution in [0, 0.1) is 11.8 Å². The van der Waals surface area contributed by atoms with Crippen LogP contribution in [0.3, 0.4) is 0 Å². The fourth-order valence-electron chi connectivity index (χ4n) is 5.23. The number of benzene rings is 2. The van der Waals surface area contributed by atoms with Gasteiger partial charge in [0.15, 0.2) is 6.10 Å². The van der Waals surface area contributed by atoms with Gasteiger partial charge in [-0.1, -0.05) is 69.3 Å². The van der Waals surface area contributed by atoms with E-state index in [1.54, 1.807) is 25.3 Å². The highest BCUT2D eigenvalue weighted by Crippen LogP contribution is 2.45. The Hall–Kier alpha value is -4.18. The van der Waals surface area contributed by atoms with E-state index in [0.717, 1.165) is 11.1 Å². The molecule has 2 aliphatic heterocycles. The highest BCUT2D eigenvalue weighted by atomic mass is 16.6. The second kappa shape index (κ2) is 15.5. The van der Waals surface area contributed by atoms with Crippen LogP contribution in [0.25, 0.3) is 0 Å². The Morgan fingerprint density at radius 2 is 1.68 bits per heavy atom. The molecule has 10 heteroatoms. The standard InChI is InChI=1S/C34H42N2O8/c1-21(2)19-28-34(40)43-27(22(3)31-32(44-31)24-9-6-5-7-10-24)11-8-12-29(37)36-26(33(39)35-18-17-30(38)42-28)20-23-13-15-25(41-4)16-14-23/h5-10,12-16,21-22,26-28,31-32H,11,17-20H2,1-4H3,(H,35,39)(H,36,37)/b12-8+/t22-,26-,27+,28+,31-,32-/m1/s1. The number of cyclic esters (lactones) is 2. The van der Waals surface area contributed by atoms with Crippen molar-refractivity contribution in [1.29, 1.82) is 0 Å². The largest absolute Gasteiger partial charge is 0.497 e. The zero-order valence-electron chi connectivity index (χ0n) is 25.7. The van der Waals surface area contributed by atoms with Crippen molar-refractivity contribution in [2.75, 3.05) is 13.7 Å². The summed E-state index contributed by atoms with van der Waals surface area (Å²) in [5.41, 5.74) is 1.85. The van der Waals surface area contributed by atoms with Gasteiger partial charge in [-0.25, -0.2) is 4.79 Å². The lowest BCUT2D eigenvalue weighted by atomic mass is 9.93. The molecule has 44 heavy (non-hydrogen) atoms. The predicted octanol–water partition coefficient (Wildman–Crippen LogP) is 3.83. The SMILES string of the molecule is COc1ccc(C[C@H]2NC(=O)/C=C/C[C@@H]([C@@H](C)[C@H]3O[C@@H]3c3ccccc3)OC(=O)[C@H](CC(C)C)OC(=O)CCNC2=O)cc1. The predicted molar refractivity (Wildman–Crippen MR) is 162 cm³/mol. The van der Waals surface area contributed by atoms with Crippen molar-refractivity contribution in [2.24, 2.45) is 11.8 Å². The summed E-state index contributed by atoms with van der Waals surface area (Å²) in [5, 5.41) is 5.47. The average molecular weight is 607 g/mol. The summed E-state index contributed by atoms with van der Waals surface area (Å²) < 4.78 is 22.7. The lowest BCUT2D eigenvalue weighted by Gasteiger charge is -2.26. The molecular formula is C34H42N2O8. The molecule has 0 saturated carbocycles. The maximum atomic E-state index is 13.3. The topological polar surface area (TPSA) is 133 Å². The number of methoxy groups -OCH3 is 1. The van der Waals surface area contributed by atoms with Crippen molar-refractivity contribution in [3.63, 3.8) is 0 Å². The molecule has 10 nitrogen and oxygen atoms in total. The third-order valence-electron chi connectivity index (χ3n) is 7.75. The first-order chi connectivity index (χ1) is 21.1. The highest BCUT2D eigenvalue weighted by molar-refractivity contribution is 5.93. The quantitative estimate of drug-likeness (QED) is 0.342. The molecule has 4 rings (SSSR count). The van der Waals surface area contributed by atoms with Gasteiger partial charge in [0.1, 0.15) is 24.0 Å². The Morgan fingerprint density at radius 3 is 2.36 bits per heavy atom. The molecule has 236 valence electrons. The molecule has 0 bridgehead atoms. The van der Waals surface area contributed by atoms with Crippen molar-refractivity contribution in [1.82, 2.24) is 10.6 Å². The Kier molecular flexibility index (Phi) is 11.5. The summed E-state index contributed by atoms with van der Waals surface area (Å²) in [7, 11) is 1.57. The van der Waals surface area contributed by atoms with Crippen molar-refractivity contribution < 1.29 is 38.1 Å². The molecular weight excluding hydrogens is 564 g/mol. The van der Waals surface area contributed by atoms with Crippen LogP contribution in [0.1, 0.15) is 57.3 Å². The monoisotopic (exact) mass is 606 g/mol. The van der Waals surface area contributed by atoms with Gasteiger partial charge >= 0.3 is 11.9 Å². The van der Waals surface area contributed by atoms with Crippen LogP contribution in [0.2, 0.25) is 0 Å². The number of ether oxygens (including phenoxy) is 4. The van der Waals surface area contributed by atoms with Gasteiger partial charge in [0.05, 0.1) is 19.6 Å². The number of carbonyl (C=O) groups excluding carboxylic acids is 4. The van der Waals surface area contributed by atoms with Crippen LogP contribution < -0.4 is 15.4 Å². The molecule has 2 aromatic rings.